The van der Waals surface area contributed by atoms with E-state index in [1.165, 1.54) is 0 Å². The van der Waals surface area contributed by atoms with Gasteiger partial charge in [-0.3, -0.25) is 4.68 Å². The van der Waals surface area contributed by atoms with Crippen LogP contribution in [0.25, 0.3) is 0 Å². The zero-order valence-corrected chi connectivity index (χ0v) is 12.8. The largest absolute Gasteiger partial charge is 0.496 e. The van der Waals surface area contributed by atoms with Crippen LogP contribution in [0.1, 0.15) is 41.1 Å². The lowest BCUT2D eigenvalue weighted by atomic mass is 9.97. The molecule has 0 bridgehead atoms. The first-order chi connectivity index (χ1) is 9.47. The summed E-state index contributed by atoms with van der Waals surface area (Å²) in [6.07, 6.45) is 0.119. The van der Waals surface area contributed by atoms with Gasteiger partial charge in [0.25, 0.3) is 0 Å². The Kier molecular flexibility index (Phi) is 4.14. The number of aliphatic hydroxyl groups excluding tert-OH is 1. The summed E-state index contributed by atoms with van der Waals surface area (Å²) in [6.45, 7) is 6.06. The van der Waals surface area contributed by atoms with Gasteiger partial charge in [0.15, 0.2) is 0 Å². The molecule has 0 radical (unpaired) electrons. The molecule has 0 amide bonds. The fraction of sp³-hybridized carbons (Fsp3) is 0.438. The van der Waals surface area contributed by atoms with Crippen molar-refractivity contribution in [1.82, 2.24) is 9.78 Å². The number of nitrogens with zero attached hydrogens (tertiary/aromatic N) is 2. The van der Waals surface area contributed by atoms with E-state index in [1.807, 2.05) is 33.0 Å². The Labute approximate surface area is 120 Å². The SMILES string of the molecule is CCc1cc(C(O)c2c(C)cc(C)cc2OC)n(C)n1. The number of aromatic nitrogens is 2. The lowest BCUT2D eigenvalue weighted by Gasteiger charge is -2.18. The van der Waals surface area contributed by atoms with Gasteiger partial charge in [-0.1, -0.05) is 13.0 Å². The summed E-state index contributed by atoms with van der Waals surface area (Å²) in [5, 5.41) is 15.1. The van der Waals surface area contributed by atoms with Crippen LogP contribution in [0.15, 0.2) is 18.2 Å². The average Bonchev–Trinajstić information content (AvgIpc) is 2.78. The minimum absolute atomic E-state index is 0.717. The highest BCUT2D eigenvalue weighted by atomic mass is 16.5. The van der Waals surface area contributed by atoms with E-state index in [9.17, 15) is 5.11 Å². The summed E-state index contributed by atoms with van der Waals surface area (Å²) >= 11 is 0. The van der Waals surface area contributed by atoms with Crippen molar-refractivity contribution in [2.45, 2.75) is 33.3 Å². The molecule has 0 aliphatic heterocycles. The third kappa shape index (κ3) is 2.56. The molecule has 108 valence electrons. The van der Waals surface area contributed by atoms with Crippen LogP contribution in [-0.4, -0.2) is 22.0 Å². The van der Waals surface area contributed by atoms with Crippen molar-refractivity contribution in [2.75, 3.05) is 7.11 Å². The van der Waals surface area contributed by atoms with Gasteiger partial charge in [-0.05, 0) is 43.5 Å². The van der Waals surface area contributed by atoms with E-state index in [0.29, 0.717) is 5.75 Å². The highest BCUT2D eigenvalue weighted by Crippen LogP contribution is 2.33. The monoisotopic (exact) mass is 274 g/mol. The van der Waals surface area contributed by atoms with Crippen molar-refractivity contribution in [3.05, 3.63) is 46.3 Å². The predicted octanol–water partition coefficient (Wildman–Crippen LogP) is 2.69. The number of aryl methyl sites for hydroxylation is 4. The maximum atomic E-state index is 10.7. The fourth-order valence-electron chi connectivity index (χ4n) is 2.58. The highest BCUT2D eigenvalue weighted by molar-refractivity contribution is 5.47. The van der Waals surface area contributed by atoms with E-state index in [1.54, 1.807) is 11.8 Å². The molecule has 0 aliphatic carbocycles. The van der Waals surface area contributed by atoms with Gasteiger partial charge in [0, 0.05) is 12.6 Å². The smallest absolute Gasteiger partial charge is 0.125 e. The molecular formula is C16H22N2O2. The Morgan fingerprint density at radius 1 is 1.30 bits per heavy atom. The molecule has 1 heterocycles. The molecule has 2 aromatic rings. The third-order valence-electron chi connectivity index (χ3n) is 3.60. The van der Waals surface area contributed by atoms with E-state index >= 15 is 0 Å². The molecule has 4 nitrogen and oxygen atoms in total. The zero-order chi connectivity index (χ0) is 14.9. The quantitative estimate of drug-likeness (QED) is 0.932. The van der Waals surface area contributed by atoms with Crippen LogP contribution in [0.5, 0.6) is 5.75 Å². The van der Waals surface area contributed by atoms with E-state index in [-0.39, 0.29) is 0 Å². The second-order valence-electron chi connectivity index (χ2n) is 5.14. The van der Waals surface area contributed by atoms with Gasteiger partial charge in [-0.2, -0.15) is 5.10 Å². The van der Waals surface area contributed by atoms with Gasteiger partial charge < -0.3 is 9.84 Å². The highest BCUT2D eigenvalue weighted by Gasteiger charge is 2.22. The number of ether oxygens (including phenoxy) is 1. The molecule has 0 saturated carbocycles. The molecule has 0 aliphatic rings. The molecule has 0 saturated heterocycles. The van der Waals surface area contributed by atoms with E-state index in [0.717, 1.165) is 34.5 Å². The maximum Gasteiger partial charge on any atom is 0.125 e. The van der Waals surface area contributed by atoms with Gasteiger partial charge in [0.1, 0.15) is 11.9 Å². The average molecular weight is 274 g/mol. The summed E-state index contributed by atoms with van der Waals surface area (Å²) < 4.78 is 7.17. The normalized spacial score (nSPS) is 12.5. The second-order valence-corrected chi connectivity index (χ2v) is 5.14. The molecule has 1 N–H and O–H groups in total. The van der Waals surface area contributed by atoms with Crippen LogP contribution in [0, 0.1) is 13.8 Å². The summed E-state index contributed by atoms with van der Waals surface area (Å²) in [5.74, 6) is 0.717. The molecule has 1 aromatic carbocycles. The Hall–Kier alpha value is -1.81. The molecule has 1 atom stereocenters. The summed E-state index contributed by atoms with van der Waals surface area (Å²) in [7, 11) is 3.48. The van der Waals surface area contributed by atoms with Crippen molar-refractivity contribution < 1.29 is 9.84 Å². The number of hydrogen-bond acceptors (Lipinski definition) is 3. The molecular weight excluding hydrogens is 252 g/mol. The summed E-state index contributed by atoms with van der Waals surface area (Å²) in [5.41, 5.74) is 4.71. The van der Waals surface area contributed by atoms with Crippen molar-refractivity contribution in [3.63, 3.8) is 0 Å². The lowest BCUT2D eigenvalue weighted by Crippen LogP contribution is -2.09. The van der Waals surface area contributed by atoms with E-state index in [4.69, 9.17) is 4.74 Å². The molecule has 1 aromatic heterocycles. The molecule has 0 spiro atoms. The first kappa shape index (κ1) is 14.6. The topological polar surface area (TPSA) is 47.3 Å². The number of hydrogen-bond donors (Lipinski definition) is 1. The molecule has 0 fully saturated rings. The van der Waals surface area contributed by atoms with Crippen LogP contribution in [0.2, 0.25) is 0 Å². The molecule has 1 unspecified atom stereocenters. The third-order valence-corrected chi connectivity index (χ3v) is 3.60. The van der Waals surface area contributed by atoms with Crippen LogP contribution < -0.4 is 4.74 Å². The second kappa shape index (κ2) is 5.67. The minimum atomic E-state index is -0.733. The van der Waals surface area contributed by atoms with Crippen molar-refractivity contribution >= 4 is 0 Å². The Balaban J connectivity index is 2.52. The zero-order valence-electron chi connectivity index (χ0n) is 12.8. The van der Waals surface area contributed by atoms with E-state index < -0.39 is 6.10 Å². The summed E-state index contributed by atoms with van der Waals surface area (Å²) in [6, 6.07) is 5.95. The van der Waals surface area contributed by atoms with Gasteiger partial charge in [0.2, 0.25) is 0 Å². The Bertz CT molecular complexity index is 617. The number of methoxy groups -OCH3 is 1. The Morgan fingerprint density at radius 2 is 2.00 bits per heavy atom. The van der Waals surface area contributed by atoms with Gasteiger partial charge in [-0.15, -0.1) is 0 Å². The molecule has 20 heavy (non-hydrogen) atoms. The van der Waals surface area contributed by atoms with Crippen LogP contribution >= 0.6 is 0 Å². The maximum absolute atomic E-state index is 10.7. The van der Waals surface area contributed by atoms with Crippen LogP contribution in [-0.2, 0) is 13.5 Å². The number of rotatable bonds is 4. The minimum Gasteiger partial charge on any atom is -0.496 e. The molecule has 2 rings (SSSR count). The fourth-order valence-corrected chi connectivity index (χ4v) is 2.58. The van der Waals surface area contributed by atoms with E-state index in [2.05, 4.69) is 18.1 Å². The molecule has 4 heteroatoms. The van der Waals surface area contributed by atoms with Crippen LogP contribution in [0.4, 0.5) is 0 Å². The Morgan fingerprint density at radius 3 is 2.55 bits per heavy atom. The van der Waals surface area contributed by atoms with Crippen molar-refractivity contribution in [2.24, 2.45) is 7.05 Å². The first-order valence-electron chi connectivity index (χ1n) is 6.84. The standard InChI is InChI=1S/C16H22N2O2/c1-6-12-9-13(18(4)17-12)16(19)15-11(3)7-10(2)8-14(15)20-5/h7-9,16,19H,6H2,1-5H3. The van der Waals surface area contributed by atoms with Crippen LogP contribution in [0.3, 0.4) is 0 Å². The first-order valence-corrected chi connectivity index (χ1v) is 6.84. The van der Waals surface area contributed by atoms with Gasteiger partial charge >= 0.3 is 0 Å². The number of aliphatic hydroxyl groups is 1. The summed E-state index contributed by atoms with van der Waals surface area (Å²) in [4.78, 5) is 0. The van der Waals surface area contributed by atoms with Gasteiger partial charge in [0.05, 0.1) is 18.5 Å². The number of benzene rings is 1. The predicted molar refractivity (Wildman–Crippen MR) is 79.1 cm³/mol. The van der Waals surface area contributed by atoms with Crippen molar-refractivity contribution in [3.8, 4) is 5.75 Å². The van der Waals surface area contributed by atoms with Crippen molar-refractivity contribution in [1.29, 1.82) is 0 Å². The van der Waals surface area contributed by atoms with Gasteiger partial charge in [-0.25, -0.2) is 0 Å². The lowest BCUT2D eigenvalue weighted by molar-refractivity contribution is 0.204.